The van der Waals surface area contributed by atoms with E-state index >= 15 is 0 Å². The van der Waals surface area contributed by atoms with Crippen molar-refractivity contribution in [1.82, 2.24) is 4.98 Å². The van der Waals surface area contributed by atoms with Crippen LogP contribution in [0.4, 0.5) is 5.69 Å². The summed E-state index contributed by atoms with van der Waals surface area (Å²) in [5, 5.41) is 9.52. The van der Waals surface area contributed by atoms with Crippen LogP contribution < -0.4 is 5.73 Å². The number of thioether (sulfide) groups is 1. The van der Waals surface area contributed by atoms with E-state index in [-0.39, 0.29) is 0 Å². The summed E-state index contributed by atoms with van der Waals surface area (Å²) in [5.74, 6) is 0.829. The van der Waals surface area contributed by atoms with E-state index in [4.69, 9.17) is 11.0 Å². The van der Waals surface area contributed by atoms with Crippen molar-refractivity contribution in [1.29, 1.82) is 5.26 Å². The van der Waals surface area contributed by atoms with Gasteiger partial charge in [0.25, 0.3) is 0 Å². The second-order valence-electron chi connectivity index (χ2n) is 3.95. The number of rotatable bonds is 3. The van der Waals surface area contributed by atoms with Crippen LogP contribution in [0.15, 0.2) is 41.6 Å². The summed E-state index contributed by atoms with van der Waals surface area (Å²) < 4.78 is 0. The molecule has 0 aliphatic rings. The standard InChI is InChI=1S/C14H13N3S/c1-10-4-2-3-5-12(10)9-18-14-13(16)6-11(7-15)8-17-14/h2-6,8H,9,16H2,1H3. The molecule has 1 aromatic heterocycles. The summed E-state index contributed by atoms with van der Waals surface area (Å²) in [4.78, 5) is 4.21. The van der Waals surface area contributed by atoms with E-state index in [9.17, 15) is 0 Å². The average Bonchev–Trinajstić information content (AvgIpc) is 2.39. The number of hydrogen-bond acceptors (Lipinski definition) is 4. The van der Waals surface area contributed by atoms with Crippen molar-refractivity contribution >= 4 is 17.4 Å². The van der Waals surface area contributed by atoms with Crippen molar-refractivity contribution in [3.63, 3.8) is 0 Å². The zero-order chi connectivity index (χ0) is 13.0. The minimum absolute atomic E-state index is 0.493. The molecule has 2 rings (SSSR count). The molecule has 0 saturated heterocycles. The largest absolute Gasteiger partial charge is 0.397 e. The molecule has 90 valence electrons. The van der Waals surface area contributed by atoms with Gasteiger partial charge in [-0.15, -0.1) is 0 Å². The Bertz CT molecular complexity index is 602. The molecular formula is C14H13N3S. The second kappa shape index (κ2) is 5.56. The Hall–Kier alpha value is -1.99. The highest BCUT2D eigenvalue weighted by Crippen LogP contribution is 2.27. The molecule has 18 heavy (non-hydrogen) atoms. The van der Waals surface area contributed by atoms with Gasteiger partial charge in [-0.1, -0.05) is 36.0 Å². The summed E-state index contributed by atoms with van der Waals surface area (Å²) in [6.07, 6.45) is 1.55. The van der Waals surface area contributed by atoms with Crippen molar-refractivity contribution in [2.75, 3.05) is 5.73 Å². The number of aromatic nitrogens is 1. The summed E-state index contributed by atoms with van der Waals surface area (Å²) >= 11 is 1.59. The van der Waals surface area contributed by atoms with Gasteiger partial charge in [0.1, 0.15) is 11.1 Å². The predicted octanol–water partition coefficient (Wildman–Crippen LogP) is 3.14. The molecule has 0 radical (unpaired) electrons. The first-order chi connectivity index (χ1) is 8.70. The monoisotopic (exact) mass is 255 g/mol. The third kappa shape index (κ3) is 2.82. The van der Waals surface area contributed by atoms with Crippen LogP contribution in [0.2, 0.25) is 0 Å². The van der Waals surface area contributed by atoms with E-state index in [0.717, 1.165) is 10.8 Å². The van der Waals surface area contributed by atoms with Gasteiger partial charge in [0, 0.05) is 11.9 Å². The second-order valence-corrected chi connectivity index (χ2v) is 4.91. The molecule has 1 aromatic carbocycles. The molecule has 0 aliphatic heterocycles. The molecule has 4 heteroatoms. The van der Waals surface area contributed by atoms with Crippen molar-refractivity contribution in [2.45, 2.75) is 17.7 Å². The van der Waals surface area contributed by atoms with Crippen LogP contribution in [0.3, 0.4) is 0 Å². The fraction of sp³-hybridized carbons (Fsp3) is 0.143. The molecule has 0 saturated carbocycles. The van der Waals surface area contributed by atoms with E-state index in [1.165, 1.54) is 11.1 Å². The molecule has 2 N–H and O–H groups in total. The van der Waals surface area contributed by atoms with E-state index in [2.05, 4.69) is 24.0 Å². The smallest absolute Gasteiger partial charge is 0.119 e. The number of nitriles is 1. The Morgan fingerprint density at radius 2 is 2.17 bits per heavy atom. The minimum atomic E-state index is 0.493. The van der Waals surface area contributed by atoms with Crippen molar-refractivity contribution in [3.8, 4) is 6.07 Å². The highest BCUT2D eigenvalue weighted by Gasteiger charge is 2.05. The maximum Gasteiger partial charge on any atom is 0.119 e. The molecule has 0 bridgehead atoms. The van der Waals surface area contributed by atoms with Gasteiger partial charge in [-0.3, -0.25) is 0 Å². The van der Waals surface area contributed by atoms with Crippen LogP contribution in [0.5, 0.6) is 0 Å². The Morgan fingerprint density at radius 1 is 1.39 bits per heavy atom. The van der Waals surface area contributed by atoms with Crippen LogP contribution in [-0.2, 0) is 5.75 Å². The normalized spacial score (nSPS) is 10.0. The lowest BCUT2D eigenvalue weighted by molar-refractivity contribution is 1.13. The van der Waals surface area contributed by atoms with Crippen LogP contribution in [0.25, 0.3) is 0 Å². The summed E-state index contributed by atoms with van der Waals surface area (Å²) in [6, 6.07) is 11.9. The Kier molecular flexibility index (Phi) is 3.85. The maximum absolute atomic E-state index is 8.74. The van der Waals surface area contributed by atoms with Gasteiger partial charge in [-0.05, 0) is 24.1 Å². The highest BCUT2D eigenvalue weighted by atomic mass is 32.2. The minimum Gasteiger partial charge on any atom is -0.397 e. The lowest BCUT2D eigenvalue weighted by Gasteiger charge is -2.06. The van der Waals surface area contributed by atoms with E-state index in [0.29, 0.717) is 11.3 Å². The molecule has 0 unspecified atom stereocenters. The number of nitrogens with two attached hydrogens (primary N) is 1. The zero-order valence-electron chi connectivity index (χ0n) is 10.1. The molecule has 3 nitrogen and oxygen atoms in total. The number of anilines is 1. The molecule has 2 aromatic rings. The Balaban J connectivity index is 2.12. The van der Waals surface area contributed by atoms with E-state index < -0.39 is 0 Å². The van der Waals surface area contributed by atoms with Crippen LogP contribution in [-0.4, -0.2) is 4.98 Å². The molecule has 0 amide bonds. The fourth-order valence-electron chi connectivity index (χ4n) is 1.57. The van der Waals surface area contributed by atoms with Gasteiger partial charge < -0.3 is 5.73 Å². The summed E-state index contributed by atoms with van der Waals surface area (Å²) in [6.45, 7) is 2.09. The fourth-order valence-corrected chi connectivity index (χ4v) is 2.54. The van der Waals surface area contributed by atoms with Crippen molar-refractivity contribution < 1.29 is 0 Å². The van der Waals surface area contributed by atoms with Crippen LogP contribution in [0, 0.1) is 18.3 Å². The number of benzene rings is 1. The summed E-state index contributed by atoms with van der Waals surface area (Å²) in [7, 11) is 0. The third-order valence-electron chi connectivity index (χ3n) is 2.63. The molecule has 0 fully saturated rings. The quantitative estimate of drug-likeness (QED) is 0.856. The molecule has 0 atom stereocenters. The lowest BCUT2D eigenvalue weighted by Crippen LogP contribution is -1.94. The van der Waals surface area contributed by atoms with Crippen LogP contribution in [0.1, 0.15) is 16.7 Å². The first-order valence-electron chi connectivity index (χ1n) is 5.53. The first-order valence-corrected chi connectivity index (χ1v) is 6.52. The maximum atomic E-state index is 8.74. The topological polar surface area (TPSA) is 62.7 Å². The van der Waals surface area contributed by atoms with E-state index in [1.54, 1.807) is 24.0 Å². The lowest BCUT2D eigenvalue weighted by atomic mass is 10.1. The number of hydrogen-bond donors (Lipinski definition) is 1. The Morgan fingerprint density at radius 3 is 2.83 bits per heavy atom. The average molecular weight is 255 g/mol. The van der Waals surface area contributed by atoms with Gasteiger partial charge in [-0.25, -0.2) is 4.98 Å². The van der Waals surface area contributed by atoms with Crippen molar-refractivity contribution in [2.24, 2.45) is 0 Å². The van der Waals surface area contributed by atoms with Gasteiger partial charge in [0.2, 0.25) is 0 Å². The number of pyridine rings is 1. The van der Waals surface area contributed by atoms with Gasteiger partial charge in [0.05, 0.1) is 11.3 Å². The predicted molar refractivity (Wildman–Crippen MR) is 74.1 cm³/mol. The molecule has 0 spiro atoms. The molecular weight excluding hydrogens is 242 g/mol. The highest BCUT2D eigenvalue weighted by molar-refractivity contribution is 7.98. The Labute approximate surface area is 111 Å². The zero-order valence-corrected chi connectivity index (χ0v) is 10.9. The summed E-state index contributed by atoms with van der Waals surface area (Å²) in [5.41, 5.74) is 9.45. The van der Waals surface area contributed by atoms with Crippen LogP contribution >= 0.6 is 11.8 Å². The number of nitrogen functional groups attached to an aromatic ring is 1. The van der Waals surface area contributed by atoms with Gasteiger partial charge in [0.15, 0.2) is 0 Å². The SMILES string of the molecule is Cc1ccccc1CSc1ncc(C#N)cc1N. The molecule has 1 heterocycles. The van der Waals surface area contributed by atoms with Crippen molar-refractivity contribution in [3.05, 3.63) is 53.2 Å². The third-order valence-corrected chi connectivity index (χ3v) is 3.70. The first kappa shape index (κ1) is 12.5. The van der Waals surface area contributed by atoms with Gasteiger partial charge >= 0.3 is 0 Å². The molecule has 0 aliphatic carbocycles. The van der Waals surface area contributed by atoms with E-state index in [1.807, 2.05) is 18.2 Å². The number of nitrogens with zero attached hydrogens (tertiary/aromatic N) is 2. The van der Waals surface area contributed by atoms with Gasteiger partial charge in [-0.2, -0.15) is 5.26 Å². The number of aryl methyl sites for hydroxylation is 1.